The van der Waals surface area contributed by atoms with E-state index < -0.39 is 0 Å². The number of aromatic nitrogens is 2. The molecule has 1 N–H and O–H groups in total. The van der Waals surface area contributed by atoms with Gasteiger partial charge >= 0.3 is 0 Å². The third-order valence-corrected chi connectivity index (χ3v) is 5.02. The molecule has 0 saturated heterocycles. The van der Waals surface area contributed by atoms with Gasteiger partial charge < -0.3 is 10.1 Å². The minimum atomic E-state index is -0.259. The van der Waals surface area contributed by atoms with Gasteiger partial charge in [-0.15, -0.1) is 11.3 Å². The van der Waals surface area contributed by atoms with Crippen LogP contribution in [-0.2, 0) is 11.3 Å². The van der Waals surface area contributed by atoms with E-state index in [4.69, 9.17) is 4.74 Å². The number of halogens is 1. The molecule has 3 rings (SSSR count). The lowest BCUT2D eigenvalue weighted by Gasteiger charge is -2.11. The van der Waals surface area contributed by atoms with Crippen molar-refractivity contribution < 1.29 is 13.9 Å². The lowest BCUT2D eigenvalue weighted by Crippen LogP contribution is -2.35. The van der Waals surface area contributed by atoms with Crippen LogP contribution in [0.25, 0.3) is 10.2 Å². The molecule has 1 aromatic carbocycles. The SMILES string of the molecule is COCC(C)NC(=O)c1cc2c(C)nn(Cc3ccc(F)cc3)c2s1. The smallest absolute Gasteiger partial charge is 0.261 e. The predicted octanol–water partition coefficient (Wildman–Crippen LogP) is 3.36. The summed E-state index contributed by atoms with van der Waals surface area (Å²) in [7, 11) is 1.61. The molecule has 1 amide bonds. The molecular formula is C18H20FN3O2S. The second kappa shape index (κ2) is 7.33. The highest BCUT2D eigenvalue weighted by molar-refractivity contribution is 7.20. The monoisotopic (exact) mass is 361 g/mol. The van der Waals surface area contributed by atoms with E-state index in [9.17, 15) is 9.18 Å². The number of benzene rings is 1. The van der Waals surface area contributed by atoms with Crippen LogP contribution in [0.5, 0.6) is 0 Å². The fourth-order valence-corrected chi connectivity index (χ4v) is 3.75. The molecule has 7 heteroatoms. The lowest BCUT2D eigenvalue weighted by molar-refractivity contribution is 0.0909. The lowest BCUT2D eigenvalue weighted by atomic mass is 10.2. The number of rotatable bonds is 6. The highest BCUT2D eigenvalue weighted by Gasteiger charge is 2.17. The predicted molar refractivity (Wildman–Crippen MR) is 96.7 cm³/mol. The summed E-state index contributed by atoms with van der Waals surface area (Å²) in [5.74, 6) is -0.371. The van der Waals surface area contributed by atoms with Gasteiger partial charge in [-0.2, -0.15) is 5.10 Å². The van der Waals surface area contributed by atoms with E-state index in [0.29, 0.717) is 18.0 Å². The Kier molecular flexibility index (Phi) is 5.15. The molecule has 0 aliphatic rings. The zero-order valence-electron chi connectivity index (χ0n) is 14.4. The molecule has 2 heterocycles. The van der Waals surface area contributed by atoms with Crippen molar-refractivity contribution in [2.45, 2.75) is 26.4 Å². The number of nitrogens with one attached hydrogen (secondary N) is 1. The van der Waals surface area contributed by atoms with Crippen LogP contribution in [0.1, 0.15) is 27.9 Å². The number of nitrogens with zero attached hydrogens (tertiary/aromatic N) is 2. The number of carbonyl (C=O) groups excluding carboxylic acids is 1. The Hall–Kier alpha value is -2.25. The molecular weight excluding hydrogens is 341 g/mol. The van der Waals surface area contributed by atoms with Crippen LogP contribution < -0.4 is 5.32 Å². The number of carbonyl (C=O) groups is 1. The van der Waals surface area contributed by atoms with Crippen molar-refractivity contribution in [3.63, 3.8) is 0 Å². The van der Waals surface area contributed by atoms with Gasteiger partial charge in [0.2, 0.25) is 0 Å². The number of methoxy groups -OCH3 is 1. The van der Waals surface area contributed by atoms with Crippen molar-refractivity contribution in [3.8, 4) is 0 Å². The number of fused-ring (bicyclic) bond motifs is 1. The number of ether oxygens (including phenoxy) is 1. The number of hydrogen-bond donors (Lipinski definition) is 1. The van der Waals surface area contributed by atoms with Crippen molar-refractivity contribution in [3.05, 3.63) is 52.3 Å². The second-order valence-electron chi connectivity index (χ2n) is 6.03. The molecule has 2 aromatic heterocycles. The standard InChI is InChI=1S/C18H20FN3O2S/c1-11(10-24-3)20-17(23)16-8-15-12(2)21-22(18(15)25-16)9-13-4-6-14(19)7-5-13/h4-8,11H,9-10H2,1-3H3,(H,20,23). The van der Waals surface area contributed by atoms with Crippen molar-refractivity contribution in [1.29, 1.82) is 0 Å². The molecule has 3 aromatic rings. The van der Waals surface area contributed by atoms with Gasteiger partial charge in [0.15, 0.2) is 0 Å². The first-order valence-electron chi connectivity index (χ1n) is 7.99. The molecule has 0 radical (unpaired) electrons. The molecule has 132 valence electrons. The number of aryl methyl sites for hydroxylation is 1. The average molecular weight is 361 g/mol. The first kappa shape index (κ1) is 17.6. The Morgan fingerprint density at radius 1 is 1.40 bits per heavy atom. The van der Waals surface area contributed by atoms with Crippen molar-refractivity contribution in [2.75, 3.05) is 13.7 Å². The summed E-state index contributed by atoms with van der Waals surface area (Å²) in [6.07, 6.45) is 0. The van der Waals surface area contributed by atoms with E-state index in [1.165, 1.54) is 23.5 Å². The molecule has 1 atom stereocenters. The summed E-state index contributed by atoms with van der Waals surface area (Å²) in [6.45, 7) is 4.82. The van der Waals surface area contributed by atoms with E-state index in [0.717, 1.165) is 21.5 Å². The second-order valence-corrected chi connectivity index (χ2v) is 7.06. The Labute approximate surface area is 149 Å². The number of hydrogen-bond acceptors (Lipinski definition) is 4. The molecule has 0 bridgehead atoms. The maximum absolute atomic E-state index is 13.1. The molecule has 0 spiro atoms. The van der Waals surface area contributed by atoms with Gasteiger partial charge in [-0.25, -0.2) is 4.39 Å². The van der Waals surface area contributed by atoms with Crippen LogP contribution in [0.2, 0.25) is 0 Å². The van der Waals surface area contributed by atoms with Crippen LogP contribution in [0.3, 0.4) is 0 Å². The third kappa shape index (κ3) is 3.88. The van der Waals surface area contributed by atoms with Crippen LogP contribution in [-0.4, -0.2) is 35.4 Å². The Morgan fingerprint density at radius 2 is 2.12 bits per heavy atom. The van der Waals surface area contributed by atoms with Crippen LogP contribution in [0.4, 0.5) is 4.39 Å². The summed E-state index contributed by atoms with van der Waals surface area (Å²) in [6, 6.07) is 8.18. The van der Waals surface area contributed by atoms with Gasteiger partial charge in [0.1, 0.15) is 10.6 Å². The minimum absolute atomic E-state index is 0.0560. The van der Waals surface area contributed by atoms with Crippen LogP contribution >= 0.6 is 11.3 Å². The molecule has 1 unspecified atom stereocenters. The van der Waals surface area contributed by atoms with Gasteiger partial charge in [-0.1, -0.05) is 12.1 Å². The third-order valence-electron chi connectivity index (χ3n) is 3.87. The van der Waals surface area contributed by atoms with Crippen molar-refractivity contribution in [1.82, 2.24) is 15.1 Å². The largest absolute Gasteiger partial charge is 0.383 e. The molecule has 0 saturated carbocycles. The van der Waals surface area contributed by atoms with Crippen molar-refractivity contribution in [2.24, 2.45) is 0 Å². The topological polar surface area (TPSA) is 56.1 Å². The summed E-state index contributed by atoms with van der Waals surface area (Å²) in [4.78, 5) is 14.0. The van der Waals surface area contributed by atoms with Crippen molar-refractivity contribution >= 4 is 27.5 Å². The first-order valence-corrected chi connectivity index (χ1v) is 8.80. The zero-order chi connectivity index (χ0) is 18.0. The molecule has 0 aliphatic carbocycles. The van der Waals surface area contributed by atoms with Gasteiger partial charge in [0.25, 0.3) is 5.91 Å². The maximum Gasteiger partial charge on any atom is 0.261 e. The van der Waals surface area contributed by atoms with Crippen LogP contribution in [0.15, 0.2) is 30.3 Å². The number of thiophene rings is 1. The Morgan fingerprint density at radius 3 is 2.80 bits per heavy atom. The fourth-order valence-electron chi connectivity index (χ4n) is 2.68. The summed E-state index contributed by atoms with van der Waals surface area (Å²) < 4.78 is 20.0. The maximum atomic E-state index is 13.1. The van der Waals surface area contributed by atoms with E-state index >= 15 is 0 Å². The van der Waals surface area contributed by atoms with E-state index in [-0.39, 0.29) is 17.8 Å². The van der Waals surface area contributed by atoms with Gasteiger partial charge in [0.05, 0.1) is 23.7 Å². The van der Waals surface area contributed by atoms with Gasteiger partial charge in [-0.3, -0.25) is 9.48 Å². The van der Waals surface area contributed by atoms with Gasteiger partial charge in [-0.05, 0) is 37.6 Å². The molecule has 5 nitrogen and oxygen atoms in total. The fraction of sp³-hybridized carbons (Fsp3) is 0.333. The van der Waals surface area contributed by atoms with E-state index in [1.54, 1.807) is 19.2 Å². The first-order chi connectivity index (χ1) is 12.0. The number of amides is 1. The van der Waals surface area contributed by atoms with Crippen LogP contribution in [0, 0.1) is 12.7 Å². The zero-order valence-corrected chi connectivity index (χ0v) is 15.2. The molecule has 0 aliphatic heterocycles. The highest BCUT2D eigenvalue weighted by atomic mass is 32.1. The summed E-state index contributed by atoms with van der Waals surface area (Å²) in [5.41, 5.74) is 1.83. The highest BCUT2D eigenvalue weighted by Crippen LogP contribution is 2.29. The quantitative estimate of drug-likeness (QED) is 0.732. The minimum Gasteiger partial charge on any atom is -0.383 e. The van der Waals surface area contributed by atoms with E-state index in [1.807, 2.05) is 24.6 Å². The summed E-state index contributed by atoms with van der Waals surface area (Å²) in [5, 5.41) is 8.43. The summed E-state index contributed by atoms with van der Waals surface area (Å²) >= 11 is 1.41. The molecule has 0 fully saturated rings. The van der Waals surface area contributed by atoms with Gasteiger partial charge in [0, 0.05) is 18.5 Å². The average Bonchev–Trinajstić information content (AvgIpc) is 3.12. The Balaban J connectivity index is 1.85. The Bertz CT molecular complexity index is 886. The normalized spacial score (nSPS) is 12.5. The van der Waals surface area contributed by atoms with E-state index in [2.05, 4.69) is 10.4 Å². The molecule has 25 heavy (non-hydrogen) atoms.